The predicted molar refractivity (Wildman–Crippen MR) is 99.5 cm³/mol. The molecule has 28 heavy (non-hydrogen) atoms. The van der Waals surface area contributed by atoms with E-state index in [1.807, 2.05) is 11.8 Å². The number of ether oxygens (including phenoxy) is 1. The van der Waals surface area contributed by atoms with Crippen LogP contribution in [0.5, 0.6) is 0 Å². The Balaban J connectivity index is 1.91. The van der Waals surface area contributed by atoms with Gasteiger partial charge in [0.25, 0.3) is 0 Å². The maximum Gasteiger partial charge on any atom is 0.416 e. The van der Waals surface area contributed by atoms with Crippen LogP contribution in [0.4, 0.5) is 24.5 Å². The number of aryl methyl sites for hydroxylation is 2. The van der Waals surface area contributed by atoms with E-state index in [-0.39, 0.29) is 5.69 Å². The van der Waals surface area contributed by atoms with Gasteiger partial charge in [-0.15, -0.1) is 0 Å². The zero-order chi connectivity index (χ0) is 20.5. The lowest BCUT2D eigenvalue weighted by Gasteiger charge is -2.31. The number of nitrogens with one attached hydrogen (secondary N) is 1. The average molecular weight is 396 g/mol. The molecule has 1 atom stereocenters. The first-order chi connectivity index (χ1) is 13.2. The Kier molecular flexibility index (Phi) is 5.64. The lowest BCUT2D eigenvalue weighted by atomic mass is 10.1. The van der Waals surface area contributed by atoms with Crippen LogP contribution in [0.2, 0.25) is 0 Å². The molecule has 2 heterocycles. The van der Waals surface area contributed by atoms with E-state index in [1.165, 1.54) is 6.07 Å². The van der Waals surface area contributed by atoms with E-state index in [0.29, 0.717) is 37.8 Å². The van der Waals surface area contributed by atoms with E-state index in [2.05, 4.69) is 10.3 Å². The van der Waals surface area contributed by atoms with Crippen molar-refractivity contribution in [3.8, 4) is 0 Å². The van der Waals surface area contributed by atoms with Crippen LogP contribution in [0.1, 0.15) is 30.0 Å². The molecule has 0 unspecified atom stereocenters. The molecule has 1 N–H and O–H groups in total. The molecule has 1 fully saturated rings. The van der Waals surface area contributed by atoms with Crippen LogP contribution in [-0.4, -0.2) is 41.8 Å². The van der Waals surface area contributed by atoms with Gasteiger partial charge in [-0.1, -0.05) is 0 Å². The minimum absolute atomic E-state index is 0.142. The fourth-order valence-corrected chi connectivity index (χ4v) is 3.28. The fraction of sp³-hybridized carbons (Fsp3) is 0.474. The topological polar surface area (TPSA) is 59.4 Å². The first kappa shape index (κ1) is 20.2. The van der Waals surface area contributed by atoms with Crippen molar-refractivity contribution in [3.63, 3.8) is 0 Å². The maximum atomic E-state index is 13.2. The molecule has 6 nitrogen and oxygen atoms in total. The predicted octanol–water partition coefficient (Wildman–Crippen LogP) is 3.56. The molecule has 3 rings (SSSR count). The highest BCUT2D eigenvalue weighted by Gasteiger charge is 2.32. The molecule has 1 saturated heterocycles. The van der Waals surface area contributed by atoms with Crippen LogP contribution in [0.3, 0.4) is 0 Å². The molecule has 0 bridgehead atoms. The second kappa shape index (κ2) is 7.83. The average Bonchev–Trinajstić information content (AvgIpc) is 2.99. The summed E-state index contributed by atoms with van der Waals surface area (Å²) in [5, 5.41) is 2.69. The smallest absolute Gasteiger partial charge is 0.378 e. The summed E-state index contributed by atoms with van der Waals surface area (Å²) in [6.07, 6.45) is -2.75. The number of benzene rings is 1. The summed E-state index contributed by atoms with van der Waals surface area (Å²) in [5.41, 5.74) is 0.658. The largest absolute Gasteiger partial charge is 0.416 e. The minimum atomic E-state index is -4.49. The second-order valence-electron chi connectivity index (χ2n) is 6.83. The molecule has 1 aliphatic rings. The van der Waals surface area contributed by atoms with E-state index < -0.39 is 23.7 Å². The lowest BCUT2D eigenvalue weighted by Crippen LogP contribution is -2.37. The van der Waals surface area contributed by atoms with Gasteiger partial charge in [-0.25, -0.2) is 4.98 Å². The Hall–Kier alpha value is -2.55. The number of morpholine rings is 1. The Bertz CT molecular complexity index is 857. The number of carbonyl (C=O) groups is 1. The number of alkyl halides is 3. The third-order valence-corrected chi connectivity index (χ3v) is 4.77. The van der Waals surface area contributed by atoms with Gasteiger partial charge >= 0.3 is 6.18 Å². The molecule has 1 aromatic heterocycles. The first-order valence-electron chi connectivity index (χ1n) is 9.03. The summed E-state index contributed by atoms with van der Waals surface area (Å²) in [5.74, 6) is 0.256. The standard InChI is InChI=1S/C19H23F3N4O2/c1-12-11-26(14(3)23-12)13(2)18(27)24-16-10-15(19(20,21)22)4-5-17(16)25-6-8-28-9-7-25/h4-5,10-11,13H,6-9H2,1-3H3,(H,24,27)/t13-/m1/s1. The number of aromatic nitrogens is 2. The molecular weight excluding hydrogens is 373 g/mol. The summed E-state index contributed by atoms with van der Waals surface area (Å²) >= 11 is 0. The van der Waals surface area contributed by atoms with E-state index in [1.54, 1.807) is 24.6 Å². The zero-order valence-corrected chi connectivity index (χ0v) is 16.0. The molecule has 1 aromatic carbocycles. The van der Waals surface area contributed by atoms with Crippen LogP contribution in [0.25, 0.3) is 0 Å². The Morgan fingerprint density at radius 1 is 1.25 bits per heavy atom. The number of carbonyl (C=O) groups excluding carboxylic acids is 1. The summed E-state index contributed by atoms with van der Waals surface area (Å²) in [7, 11) is 0. The van der Waals surface area contributed by atoms with Crippen molar-refractivity contribution in [1.29, 1.82) is 0 Å². The zero-order valence-electron chi connectivity index (χ0n) is 16.0. The van der Waals surface area contributed by atoms with E-state index in [9.17, 15) is 18.0 Å². The first-order valence-corrected chi connectivity index (χ1v) is 9.03. The van der Waals surface area contributed by atoms with Crippen molar-refractivity contribution in [1.82, 2.24) is 9.55 Å². The third kappa shape index (κ3) is 4.30. The highest BCUT2D eigenvalue weighted by Crippen LogP contribution is 2.36. The highest BCUT2D eigenvalue weighted by molar-refractivity contribution is 5.96. The summed E-state index contributed by atoms with van der Waals surface area (Å²) < 4.78 is 46.6. The molecule has 9 heteroatoms. The normalized spacial score (nSPS) is 16.1. The van der Waals surface area contributed by atoms with Crippen LogP contribution < -0.4 is 10.2 Å². The molecule has 0 saturated carbocycles. The van der Waals surface area contributed by atoms with Crippen molar-refractivity contribution in [2.45, 2.75) is 33.0 Å². The van der Waals surface area contributed by atoms with Crippen molar-refractivity contribution in [3.05, 3.63) is 41.5 Å². The molecular formula is C19H23F3N4O2. The number of rotatable bonds is 4. The van der Waals surface area contributed by atoms with Crippen LogP contribution >= 0.6 is 0 Å². The summed E-state index contributed by atoms with van der Waals surface area (Å²) in [4.78, 5) is 19.0. The van der Waals surface area contributed by atoms with Gasteiger partial charge in [0.1, 0.15) is 11.9 Å². The fourth-order valence-electron chi connectivity index (χ4n) is 3.28. The number of anilines is 2. The quantitative estimate of drug-likeness (QED) is 0.859. The van der Waals surface area contributed by atoms with Crippen LogP contribution in [0, 0.1) is 13.8 Å². The van der Waals surface area contributed by atoms with Gasteiger partial charge in [0.05, 0.1) is 35.8 Å². The Morgan fingerprint density at radius 2 is 1.93 bits per heavy atom. The van der Waals surface area contributed by atoms with E-state index >= 15 is 0 Å². The van der Waals surface area contributed by atoms with Gasteiger partial charge < -0.3 is 19.5 Å². The van der Waals surface area contributed by atoms with Crippen molar-refractivity contribution >= 4 is 17.3 Å². The number of halogens is 3. The molecule has 152 valence electrons. The maximum absolute atomic E-state index is 13.2. The molecule has 2 aromatic rings. The molecule has 0 spiro atoms. The number of nitrogens with zero attached hydrogens (tertiary/aromatic N) is 3. The number of amides is 1. The minimum Gasteiger partial charge on any atom is -0.378 e. The van der Waals surface area contributed by atoms with Crippen molar-refractivity contribution in [2.75, 3.05) is 36.5 Å². The van der Waals surface area contributed by atoms with Gasteiger partial charge in [-0.05, 0) is 39.0 Å². The highest BCUT2D eigenvalue weighted by atomic mass is 19.4. The van der Waals surface area contributed by atoms with Gasteiger partial charge in [-0.2, -0.15) is 13.2 Å². The monoisotopic (exact) mass is 396 g/mol. The number of hydrogen-bond acceptors (Lipinski definition) is 4. The molecule has 1 aliphatic heterocycles. The van der Waals surface area contributed by atoms with Gasteiger partial charge in [0.15, 0.2) is 0 Å². The number of imidazole rings is 1. The summed E-state index contributed by atoms with van der Waals surface area (Å²) in [6, 6.07) is 2.81. The van der Waals surface area contributed by atoms with E-state index in [0.717, 1.165) is 17.8 Å². The summed E-state index contributed by atoms with van der Waals surface area (Å²) in [6.45, 7) is 7.34. The van der Waals surface area contributed by atoms with E-state index in [4.69, 9.17) is 4.74 Å². The van der Waals surface area contributed by atoms with Gasteiger partial charge in [-0.3, -0.25) is 4.79 Å². The second-order valence-corrected chi connectivity index (χ2v) is 6.83. The van der Waals surface area contributed by atoms with Crippen LogP contribution in [-0.2, 0) is 15.7 Å². The van der Waals surface area contributed by atoms with Gasteiger partial charge in [0.2, 0.25) is 5.91 Å². The van der Waals surface area contributed by atoms with Crippen molar-refractivity contribution in [2.24, 2.45) is 0 Å². The molecule has 0 radical (unpaired) electrons. The van der Waals surface area contributed by atoms with Crippen molar-refractivity contribution < 1.29 is 22.7 Å². The van der Waals surface area contributed by atoms with Crippen LogP contribution in [0.15, 0.2) is 24.4 Å². The Labute approximate surface area is 161 Å². The Morgan fingerprint density at radius 3 is 2.50 bits per heavy atom. The third-order valence-electron chi connectivity index (χ3n) is 4.77. The number of hydrogen-bond donors (Lipinski definition) is 1. The molecule has 1 amide bonds. The SMILES string of the molecule is Cc1cn([C@H](C)C(=O)Nc2cc(C(F)(F)F)ccc2N2CCOCC2)c(C)n1. The molecule has 0 aliphatic carbocycles. The van der Waals surface area contributed by atoms with Gasteiger partial charge in [0, 0.05) is 19.3 Å². The lowest BCUT2D eigenvalue weighted by molar-refractivity contribution is -0.137.